The maximum absolute atomic E-state index is 12.5. The molecule has 2 aromatic carbocycles. The fraction of sp³-hybridized carbons (Fsp3) is 0.0588. The minimum atomic E-state index is -4.35. The molecule has 3 nitrogen and oxygen atoms in total. The number of hydrogen-bond donors (Lipinski definition) is 1. The van der Waals surface area contributed by atoms with Gasteiger partial charge in [-0.3, -0.25) is 5.43 Å². The summed E-state index contributed by atoms with van der Waals surface area (Å²) in [5.74, 6) is 0. The lowest BCUT2D eigenvalue weighted by Crippen LogP contribution is -2.04. The number of rotatable bonds is 4. The molecule has 0 atom stereocenters. The van der Waals surface area contributed by atoms with E-state index in [1.807, 2.05) is 5.38 Å². The number of hydrazone groups is 1. The van der Waals surface area contributed by atoms with Crippen molar-refractivity contribution in [3.63, 3.8) is 0 Å². The van der Waals surface area contributed by atoms with Crippen LogP contribution in [-0.4, -0.2) is 11.2 Å². The van der Waals surface area contributed by atoms with Gasteiger partial charge in [0.05, 0.1) is 27.5 Å². The van der Waals surface area contributed by atoms with Crippen LogP contribution in [0.4, 0.5) is 18.3 Å². The lowest BCUT2D eigenvalue weighted by Gasteiger charge is -2.05. The summed E-state index contributed by atoms with van der Waals surface area (Å²) in [7, 11) is 0. The maximum Gasteiger partial charge on any atom is 0.416 e. The van der Waals surface area contributed by atoms with E-state index in [1.54, 1.807) is 18.2 Å². The minimum Gasteiger partial charge on any atom is -0.253 e. The van der Waals surface area contributed by atoms with Crippen LogP contribution in [0.15, 0.2) is 52.9 Å². The molecule has 134 valence electrons. The number of nitrogens with zero attached hydrogens (tertiary/aromatic N) is 2. The van der Waals surface area contributed by atoms with Crippen LogP contribution < -0.4 is 5.43 Å². The molecule has 0 saturated heterocycles. The Morgan fingerprint density at radius 3 is 2.42 bits per heavy atom. The Hall–Kier alpha value is -2.09. The summed E-state index contributed by atoms with van der Waals surface area (Å²) in [6.45, 7) is 0. The van der Waals surface area contributed by atoms with Gasteiger partial charge in [-0.25, -0.2) is 4.98 Å². The number of hydrogen-bond acceptors (Lipinski definition) is 4. The fourth-order valence-electron chi connectivity index (χ4n) is 2.03. The second-order valence-electron chi connectivity index (χ2n) is 5.16. The summed E-state index contributed by atoms with van der Waals surface area (Å²) in [6.07, 6.45) is -2.93. The summed E-state index contributed by atoms with van der Waals surface area (Å²) in [4.78, 5) is 4.37. The Morgan fingerprint density at radius 2 is 1.77 bits per heavy atom. The predicted molar refractivity (Wildman–Crippen MR) is 100 cm³/mol. The molecular weight excluding hydrogens is 406 g/mol. The van der Waals surface area contributed by atoms with E-state index >= 15 is 0 Å². The largest absolute Gasteiger partial charge is 0.416 e. The highest BCUT2D eigenvalue weighted by molar-refractivity contribution is 7.14. The van der Waals surface area contributed by atoms with Crippen molar-refractivity contribution in [3.8, 4) is 11.3 Å². The molecule has 1 N–H and O–H groups in total. The Balaban J connectivity index is 1.66. The van der Waals surface area contributed by atoms with Crippen LogP contribution in [-0.2, 0) is 6.18 Å². The number of anilines is 1. The SMILES string of the molecule is FC(F)(F)c1ccc(/C=N/Nc2nc(-c3ccc(Cl)c(Cl)c3)cs2)cc1. The summed E-state index contributed by atoms with van der Waals surface area (Å²) < 4.78 is 37.5. The minimum absolute atomic E-state index is 0.437. The van der Waals surface area contributed by atoms with Crippen molar-refractivity contribution in [2.75, 3.05) is 5.43 Å². The van der Waals surface area contributed by atoms with Crippen molar-refractivity contribution < 1.29 is 13.2 Å². The monoisotopic (exact) mass is 415 g/mol. The van der Waals surface area contributed by atoms with Crippen molar-refractivity contribution in [1.29, 1.82) is 0 Å². The van der Waals surface area contributed by atoms with E-state index in [0.717, 1.165) is 17.7 Å². The van der Waals surface area contributed by atoms with E-state index in [2.05, 4.69) is 15.5 Å². The normalized spacial score (nSPS) is 11.9. The second-order valence-corrected chi connectivity index (χ2v) is 6.83. The Morgan fingerprint density at radius 1 is 1.04 bits per heavy atom. The molecule has 0 radical (unpaired) electrons. The molecule has 1 heterocycles. The zero-order valence-corrected chi connectivity index (χ0v) is 15.2. The van der Waals surface area contributed by atoms with Gasteiger partial charge in [-0.15, -0.1) is 11.3 Å². The van der Waals surface area contributed by atoms with Crippen molar-refractivity contribution in [3.05, 3.63) is 69.0 Å². The maximum atomic E-state index is 12.5. The fourth-order valence-corrected chi connectivity index (χ4v) is 3.00. The summed E-state index contributed by atoms with van der Waals surface area (Å²) >= 11 is 13.2. The Bertz CT molecular complexity index is 937. The molecule has 0 saturated carbocycles. The number of halogens is 5. The molecule has 0 amide bonds. The van der Waals surface area contributed by atoms with Crippen molar-refractivity contribution in [1.82, 2.24) is 4.98 Å². The number of benzene rings is 2. The van der Waals surface area contributed by atoms with Crippen LogP contribution in [0.5, 0.6) is 0 Å². The first-order valence-corrected chi connectivity index (χ1v) is 8.84. The average molecular weight is 416 g/mol. The van der Waals surface area contributed by atoms with Crippen molar-refractivity contribution >= 4 is 45.9 Å². The molecule has 0 unspecified atom stereocenters. The third-order valence-corrected chi connectivity index (χ3v) is 4.82. The quantitative estimate of drug-likeness (QED) is 0.385. The third-order valence-electron chi connectivity index (χ3n) is 3.33. The van der Waals surface area contributed by atoms with Crippen molar-refractivity contribution in [2.24, 2.45) is 5.10 Å². The summed E-state index contributed by atoms with van der Waals surface area (Å²) in [5.41, 5.74) is 4.11. The van der Waals surface area contributed by atoms with E-state index in [9.17, 15) is 13.2 Å². The van der Waals surface area contributed by atoms with Gasteiger partial charge in [0.1, 0.15) is 0 Å². The molecule has 3 rings (SSSR count). The van der Waals surface area contributed by atoms with E-state index in [0.29, 0.717) is 26.4 Å². The lowest BCUT2D eigenvalue weighted by molar-refractivity contribution is -0.137. The average Bonchev–Trinajstić information content (AvgIpc) is 3.06. The molecule has 26 heavy (non-hydrogen) atoms. The van der Waals surface area contributed by atoms with Crippen molar-refractivity contribution in [2.45, 2.75) is 6.18 Å². The van der Waals surface area contributed by atoms with Gasteiger partial charge in [-0.1, -0.05) is 41.4 Å². The van der Waals surface area contributed by atoms with Gasteiger partial charge in [0.25, 0.3) is 0 Å². The molecule has 0 aliphatic carbocycles. The molecule has 1 aromatic heterocycles. The molecule has 0 fully saturated rings. The van der Waals surface area contributed by atoms with Crippen LogP contribution in [0, 0.1) is 0 Å². The smallest absolute Gasteiger partial charge is 0.253 e. The van der Waals surface area contributed by atoms with E-state index in [-0.39, 0.29) is 0 Å². The van der Waals surface area contributed by atoms with Gasteiger partial charge in [0.2, 0.25) is 5.13 Å². The number of nitrogens with one attached hydrogen (secondary N) is 1. The van der Waals surface area contributed by atoms with Gasteiger partial charge in [-0.05, 0) is 29.8 Å². The molecule has 0 spiro atoms. The molecule has 3 aromatic rings. The molecular formula is C17H10Cl2F3N3S. The highest BCUT2D eigenvalue weighted by atomic mass is 35.5. The standard InChI is InChI=1S/C17H10Cl2F3N3S/c18-13-6-3-11(7-14(13)19)15-9-26-16(24-15)25-23-8-10-1-4-12(5-2-10)17(20,21)22/h1-9H,(H,24,25)/b23-8+. The van der Waals surface area contributed by atoms with E-state index < -0.39 is 11.7 Å². The van der Waals surface area contributed by atoms with Crippen LogP contribution in [0.3, 0.4) is 0 Å². The molecule has 0 bridgehead atoms. The third kappa shape index (κ3) is 4.55. The molecule has 0 aliphatic heterocycles. The van der Waals surface area contributed by atoms with Gasteiger partial charge in [0.15, 0.2) is 0 Å². The predicted octanol–water partition coefficient (Wildman–Crippen LogP) is 6.58. The Kier molecular flexibility index (Phi) is 5.50. The summed E-state index contributed by atoms with van der Waals surface area (Å²) in [5, 5.41) is 7.25. The highest BCUT2D eigenvalue weighted by Crippen LogP contribution is 2.31. The zero-order chi connectivity index (χ0) is 18.7. The number of aromatic nitrogens is 1. The second kappa shape index (κ2) is 7.65. The van der Waals surface area contributed by atoms with Crippen LogP contribution in [0.25, 0.3) is 11.3 Å². The topological polar surface area (TPSA) is 37.3 Å². The van der Waals surface area contributed by atoms with Gasteiger partial charge < -0.3 is 0 Å². The van der Waals surface area contributed by atoms with E-state index in [1.165, 1.54) is 29.7 Å². The Labute approximate surface area is 161 Å². The molecule has 9 heteroatoms. The highest BCUT2D eigenvalue weighted by Gasteiger charge is 2.29. The zero-order valence-electron chi connectivity index (χ0n) is 12.9. The van der Waals surface area contributed by atoms with Gasteiger partial charge in [-0.2, -0.15) is 18.3 Å². The van der Waals surface area contributed by atoms with E-state index in [4.69, 9.17) is 23.2 Å². The summed E-state index contributed by atoms with van der Waals surface area (Å²) in [6, 6.07) is 9.91. The van der Waals surface area contributed by atoms with Gasteiger partial charge in [0, 0.05) is 10.9 Å². The van der Waals surface area contributed by atoms with Crippen LogP contribution in [0.1, 0.15) is 11.1 Å². The first kappa shape index (κ1) is 18.7. The van der Waals surface area contributed by atoms with Crippen LogP contribution in [0.2, 0.25) is 10.0 Å². The van der Waals surface area contributed by atoms with Gasteiger partial charge >= 0.3 is 6.18 Å². The molecule has 0 aliphatic rings. The number of alkyl halides is 3. The first-order valence-electron chi connectivity index (χ1n) is 7.20. The lowest BCUT2D eigenvalue weighted by atomic mass is 10.1. The van der Waals surface area contributed by atoms with Crippen LogP contribution >= 0.6 is 34.5 Å². The first-order chi connectivity index (χ1) is 12.3. The number of thiazole rings is 1.